The molecule has 110 valence electrons. The molecule has 19 heavy (non-hydrogen) atoms. The van der Waals surface area contributed by atoms with E-state index in [9.17, 15) is 13.2 Å². The Morgan fingerprint density at radius 2 is 2.11 bits per heavy atom. The summed E-state index contributed by atoms with van der Waals surface area (Å²) in [5, 5.41) is 4.29. The summed E-state index contributed by atoms with van der Waals surface area (Å²) in [5.74, 6) is 0. The third kappa shape index (κ3) is 5.12. The zero-order valence-corrected chi connectivity index (χ0v) is 12.4. The standard InChI is InChI=1S/C11H17BrF3N3O/c1-3-8-10(12)9(18(2)17-8)4-7(16)5-19-6-11(13,14)15/h7H,3-6,16H2,1-2H3. The average Bonchev–Trinajstić information content (AvgIpc) is 2.54. The van der Waals surface area contributed by atoms with Crippen LogP contribution in [0.25, 0.3) is 0 Å². The summed E-state index contributed by atoms with van der Waals surface area (Å²) in [6, 6.07) is -0.501. The van der Waals surface area contributed by atoms with Crippen LogP contribution >= 0.6 is 15.9 Å². The third-order valence-electron chi connectivity index (χ3n) is 2.56. The molecule has 0 bridgehead atoms. The number of nitrogens with zero attached hydrogens (tertiary/aromatic N) is 2. The molecule has 4 nitrogen and oxygen atoms in total. The maximum absolute atomic E-state index is 11.9. The van der Waals surface area contributed by atoms with Crippen molar-refractivity contribution < 1.29 is 17.9 Å². The van der Waals surface area contributed by atoms with E-state index in [0.717, 1.165) is 22.3 Å². The molecule has 0 spiro atoms. The Morgan fingerprint density at radius 1 is 1.47 bits per heavy atom. The summed E-state index contributed by atoms with van der Waals surface area (Å²) in [6.45, 7) is 0.565. The minimum absolute atomic E-state index is 0.140. The number of halogens is 4. The molecule has 1 aromatic heterocycles. The van der Waals surface area contributed by atoms with E-state index in [2.05, 4.69) is 25.8 Å². The molecule has 0 aliphatic carbocycles. The molecule has 1 rings (SSSR count). The first-order valence-electron chi connectivity index (χ1n) is 5.85. The monoisotopic (exact) mass is 343 g/mol. The first-order valence-corrected chi connectivity index (χ1v) is 6.64. The van der Waals surface area contributed by atoms with Crippen LogP contribution in [0.1, 0.15) is 18.3 Å². The molecule has 0 saturated carbocycles. The molecule has 0 aliphatic rings. The summed E-state index contributed by atoms with van der Waals surface area (Å²) in [7, 11) is 1.78. The van der Waals surface area contributed by atoms with E-state index in [-0.39, 0.29) is 6.61 Å². The second-order valence-electron chi connectivity index (χ2n) is 4.28. The van der Waals surface area contributed by atoms with Gasteiger partial charge in [-0.05, 0) is 22.4 Å². The zero-order chi connectivity index (χ0) is 14.6. The van der Waals surface area contributed by atoms with E-state index in [1.54, 1.807) is 11.7 Å². The first-order chi connectivity index (χ1) is 8.74. The van der Waals surface area contributed by atoms with Gasteiger partial charge in [-0.15, -0.1) is 0 Å². The largest absolute Gasteiger partial charge is 0.411 e. The van der Waals surface area contributed by atoms with Gasteiger partial charge in [-0.25, -0.2) is 0 Å². The molecule has 1 atom stereocenters. The molecule has 0 amide bonds. The van der Waals surface area contributed by atoms with Gasteiger partial charge in [0.05, 0.1) is 22.5 Å². The number of rotatable bonds is 6. The van der Waals surface area contributed by atoms with Crippen LogP contribution < -0.4 is 5.73 Å². The summed E-state index contributed by atoms with van der Waals surface area (Å²) in [6.07, 6.45) is -3.14. The highest BCUT2D eigenvalue weighted by Crippen LogP contribution is 2.22. The number of hydrogen-bond donors (Lipinski definition) is 1. The molecular formula is C11H17BrF3N3O. The normalized spacial score (nSPS) is 13.8. The third-order valence-corrected chi connectivity index (χ3v) is 3.47. The van der Waals surface area contributed by atoms with E-state index in [0.29, 0.717) is 6.42 Å². The smallest absolute Gasteiger partial charge is 0.370 e. The van der Waals surface area contributed by atoms with Crippen molar-refractivity contribution in [2.75, 3.05) is 13.2 Å². The lowest BCUT2D eigenvalue weighted by Crippen LogP contribution is -2.31. The highest BCUT2D eigenvalue weighted by Gasteiger charge is 2.27. The SMILES string of the molecule is CCc1nn(C)c(CC(N)COCC(F)(F)F)c1Br. The van der Waals surface area contributed by atoms with Gasteiger partial charge in [0.1, 0.15) is 6.61 Å². The van der Waals surface area contributed by atoms with E-state index in [1.165, 1.54) is 0 Å². The van der Waals surface area contributed by atoms with E-state index in [1.807, 2.05) is 6.92 Å². The number of ether oxygens (including phenoxy) is 1. The molecule has 1 aromatic rings. The number of hydrogen-bond acceptors (Lipinski definition) is 3. The van der Waals surface area contributed by atoms with Gasteiger partial charge in [-0.3, -0.25) is 4.68 Å². The average molecular weight is 344 g/mol. The van der Waals surface area contributed by atoms with Crippen LogP contribution in [0.5, 0.6) is 0 Å². The van der Waals surface area contributed by atoms with E-state index in [4.69, 9.17) is 5.73 Å². The highest BCUT2D eigenvalue weighted by molar-refractivity contribution is 9.10. The van der Waals surface area contributed by atoms with Crippen molar-refractivity contribution in [2.45, 2.75) is 32.0 Å². The Morgan fingerprint density at radius 3 is 2.58 bits per heavy atom. The van der Waals surface area contributed by atoms with Crippen molar-refractivity contribution in [1.82, 2.24) is 9.78 Å². The van der Waals surface area contributed by atoms with Gasteiger partial charge in [-0.1, -0.05) is 6.92 Å². The Labute approximate surface area is 118 Å². The Hall–Kier alpha value is -0.600. The predicted molar refractivity (Wildman–Crippen MR) is 68.8 cm³/mol. The first kappa shape index (κ1) is 16.5. The number of nitrogens with two attached hydrogens (primary N) is 1. The molecular weight excluding hydrogens is 327 g/mol. The van der Waals surface area contributed by atoms with Gasteiger partial charge in [0.2, 0.25) is 0 Å². The fourth-order valence-corrected chi connectivity index (χ4v) is 2.45. The van der Waals surface area contributed by atoms with Gasteiger partial charge in [0, 0.05) is 19.5 Å². The van der Waals surface area contributed by atoms with E-state index >= 15 is 0 Å². The molecule has 8 heteroatoms. The molecule has 1 heterocycles. The van der Waals surface area contributed by atoms with Crippen molar-refractivity contribution >= 4 is 15.9 Å². The predicted octanol–water partition coefficient (Wildman–Crippen LogP) is 2.19. The molecule has 0 fully saturated rings. The maximum atomic E-state index is 11.9. The maximum Gasteiger partial charge on any atom is 0.411 e. The Kier molecular flexibility index (Phi) is 5.82. The lowest BCUT2D eigenvalue weighted by molar-refractivity contribution is -0.174. The van der Waals surface area contributed by atoms with Crippen molar-refractivity contribution in [2.24, 2.45) is 12.8 Å². The highest BCUT2D eigenvalue weighted by atomic mass is 79.9. The van der Waals surface area contributed by atoms with Crippen LogP contribution in [0.15, 0.2) is 4.47 Å². The molecule has 0 aromatic carbocycles. The zero-order valence-electron chi connectivity index (χ0n) is 10.8. The fraction of sp³-hybridized carbons (Fsp3) is 0.727. The van der Waals surface area contributed by atoms with Gasteiger partial charge in [0.25, 0.3) is 0 Å². The summed E-state index contributed by atoms with van der Waals surface area (Å²) in [5.41, 5.74) is 7.53. The van der Waals surface area contributed by atoms with Gasteiger partial charge >= 0.3 is 6.18 Å². The molecule has 0 saturated heterocycles. The number of alkyl halides is 3. The van der Waals surface area contributed by atoms with Crippen molar-refractivity contribution in [3.63, 3.8) is 0 Å². The van der Waals surface area contributed by atoms with Gasteiger partial charge in [0.15, 0.2) is 0 Å². The molecule has 1 unspecified atom stereocenters. The molecule has 2 N–H and O–H groups in total. The number of aromatic nitrogens is 2. The van der Waals surface area contributed by atoms with E-state index < -0.39 is 18.8 Å². The summed E-state index contributed by atoms with van der Waals surface area (Å²) >= 11 is 3.43. The van der Waals surface area contributed by atoms with Crippen LogP contribution in [0.2, 0.25) is 0 Å². The van der Waals surface area contributed by atoms with Crippen LogP contribution in [0, 0.1) is 0 Å². The fourth-order valence-electron chi connectivity index (χ4n) is 1.67. The minimum Gasteiger partial charge on any atom is -0.370 e. The van der Waals surface area contributed by atoms with Crippen LogP contribution in [-0.4, -0.2) is 35.2 Å². The lowest BCUT2D eigenvalue weighted by Gasteiger charge is -2.14. The van der Waals surface area contributed by atoms with Crippen LogP contribution in [0.4, 0.5) is 13.2 Å². The van der Waals surface area contributed by atoms with Crippen LogP contribution in [0.3, 0.4) is 0 Å². The Balaban J connectivity index is 2.53. The number of aryl methyl sites for hydroxylation is 2. The summed E-state index contributed by atoms with van der Waals surface area (Å²) in [4.78, 5) is 0. The lowest BCUT2D eigenvalue weighted by atomic mass is 10.1. The topological polar surface area (TPSA) is 53.1 Å². The molecule has 0 radical (unpaired) electrons. The van der Waals surface area contributed by atoms with Crippen molar-refractivity contribution in [3.05, 3.63) is 15.9 Å². The van der Waals surface area contributed by atoms with Crippen molar-refractivity contribution in [3.8, 4) is 0 Å². The van der Waals surface area contributed by atoms with Gasteiger partial charge in [-0.2, -0.15) is 18.3 Å². The quantitative estimate of drug-likeness (QED) is 0.861. The Bertz CT molecular complexity index is 420. The summed E-state index contributed by atoms with van der Waals surface area (Å²) < 4.78 is 42.9. The molecule has 0 aliphatic heterocycles. The second kappa shape index (κ2) is 6.71. The van der Waals surface area contributed by atoms with Crippen LogP contribution in [-0.2, 0) is 24.6 Å². The minimum atomic E-state index is -4.32. The van der Waals surface area contributed by atoms with Gasteiger partial charge < -0.3 is 10.5 Å². The second-order valence-corrected chi connectivity index (χ2v) is 5.07. The van der Waals surface area contributed by atoms with Crippen molar-refractivity contribution in [1.29, 1.82) is 0 Å².